The van der Waals surface area contributed by atoms with E-state index in [1.54, 1.807) is 12.1 Å². The second-order valence-corrected chi connectivity index (χ2v) is 7.48. The number of carbonyl (C=O) groups excluding carboxylic acids is 1. The van der Waals surface area contributed by atoms with E-state index in [-0.39, 0.29) is 23.8 Å². The van der Waals surface area contributed by atoms with Crippen LogP contribution in [-0.2, 0) is 0 Å². The van der Waals surface area contributed by atoms with Crippen molar-refractivity contribution in [2.24, 2.45) is 0 Å². The van der Waals surface area contributed by atoms with Crippen LogP contribution in [0.15, 0.2) is 77.4 Å². The Bertz CT molecular complexity index is 1160. The number of nitrogens with zero attached hydrogens (tertiary/aromatic N) is 3. The lowest BCUT2D eigenvalue weighted by Crippen LogP contribution is -2.28. The first-order valence-electron chi connectivity index (χ1n) is 9.56. The third kappa shape index (κ3) is 3.55. The van der Waals surface area contributed by atoms with Crippen molar-refractivity contribution in [3.63, 3.8) is 0 Å². The van der Waals surface area contributed by atoms with E-state index < -0.39 is 5.91 Å². The molecule has 4 aromatic rings. The maximum atomic E-state index is 12.3. The molecule has 0 bridgehead atoms. The summed E-state index contributed by atoms with van der Waals surface area (Å²) in [6, 6.07) is 21.1. The molecule has 2 atom stereocenters. The summed E-state index contributed by atoms with van der Waals surface area (Å²) in [5.41, 5.74) is 2.23. The van der Waals surface area contributed by atoms with Crippen molar-refractivity contribution >= 4 is 29.4 Å². The minimum Gasteiger partial charge on any atom is -0.459 e. The van der Waals surface area contributed by atoms with Gasteiger partial charge in [0.25, 0.3) is 11.9 Å². The summed E-state index contributed by atoms with van der Waals surface area (Å²) in [6.07, 6.45) is 2.22. The maximum absolute atomic E-state index is 12.3. The van der Waals surface area contributed by atoms with Crippen LogP contribution >= 0.6 is 11.6 Å². The van der Waals surface area contributed by atoms with Gasteiger partial charge >= 0.3 is 0 Å². The Balaban J connectivity index is 1.49. The molecule has 150 valence electrons. The van der Waals surface area contributed by atoms with Gasteiger partial charge in [-0.1, -0.05) is 54.1 Å². The van der Waals surface area contributed by atoms with Gasteiger partial charge in [-0.25, -0.2) is 4.68 Å². The lowest BCUT2D eigenvalue weighted by Gasteiger charge is -2.31. The lowest BCUT2D eigenvalue weighted by molar-refractivity contribution is 0.0995. The minimum absolute atomic E-state index is 0.0257. The number of halogens is 1. The average molecular weight is 420 g/mol. The molecule has 0 fully saturated rings. The van der Waals surface area contributed by atoms with E-state index in [1.807, 2.05) is 47.1 Å². The van der Waals surface area contributed by atoms with Gasteiger partial charge in [-0.3, -0.25) is 10.1 Å². The van der Waals surface area contributed by atoms with Gasteiger partial charge in [-0.05, 0) is 41.8 Å². The normalized spacial score (nSPS) is 17.8. The van der Waals surface area contributed by atoms with Crippen LogP contribution < -0.4 is 10.6 Å². The van der Waals surface area contributed by atoms with Gasteiger partial charge in [0.1, 0.15) is 0 Å². The molecule has 8 heteroatoms. The van der Waals surface area contributed by atoms with E-state index in [2.05, 4.69) is 32.8 Å². The average Bonchev–Trinajstić information content (AvgIpc) is 3.44. The third-order valence-electron chi connectivity index (χ3n) is 5.12. The molecule has 0 radical (unpaired) electrons. The summed E-state index contributed by atoms with van der Waals surface area (Å²) in [5, 5.41) is 11.4. The van der Waals surface area contributed by atoms with Crippen LogP contribution in [0.5, 0.6) is 0 Å². The minimum atomic E-state index is -0.395. The van der Waals surface area contributed by atoms with Crippen molar-refractivity contribution < 1.29 is 9.21 Å². The Hall–Kier alpha value is -3.58. The fraction of sp³-hybridized carbons (Fsp3) is 0.136. The van der Waals surface area contributed by atoms with Gasteiger partial charge in [0.05, 0.1) is 18.3 Å². The number of anilines is 2. The zero-order valence-corrected chi connectivity index (χ0v) is 16.6. The molecule has 30 heavy (non-hydrogen) atoms. The fourth-order valence-corrected chi connectivity index (χ4v) is 3.79. The molecule has 1 amide bonds. The van der Waals surface area contributed by atoms with Gasteiger partial charge in [0.2, 0.25) is 5.95 Å². The van der Waals surface area contributed by atoms with Crippen LogP contribution in [0.1, 0.15) is 40.2 Å². The molecule has 7 nitrogen and oxygen atoms in total. The molecular formula is C22H18ClN5O2. The van der Waals surface area contributed by atoms with Gasteiger partial charge in [-0.2, -0.15) is 4.98 Å². The van der Waals surface area contributed by atoms with E-state index in [4.69, 9.17) is 16.0 Å². The summed E-state index contributed by atoms with van der Waals surface area (Å²) in [6.45, 7) is 0. The Morgan fingerprint density at radius 1 is 1.07 bits per heavy atom. The SMILES string of the molecule is O=C(Nc1nc2n(n1)[C@@H](c1ccccc1)C[C@@H](c1ccc(Cl)cc1)N2)c1ccco1. The number of aromatic nitrogens is 3. The third-order valence-corrected chi connectivity index (χ3v) is 5.37. The standard InChI is InChI=1S/C22H18ClN5O2/c23-16-10-8-14(9-11-16)17-13-18(15-5-2-1-3-6-15)28-22(24-17)26-21(27-28)25-20(29)19-7-4-12-30-19/h1-12,17-18H,13H2,(H2,24,25,26,27,29)/t17-,18+/m0/s1. The maximum Gasteiger partial charge on any atom is 0.293 e. The molecule has 0 unspecified atom stereocenters. The van der Waals surface area contributed by atoms with Crippen LogP contribution in [0.2, 0.25) is 5.02 Å². The van der Waals surface area contributed by atoms with Gasteiger partial charge in [-0.15, -0.1) is 5.10 Å². The first-order chi connectivity index (χ1) is 14.7. The van der Waals surface area contributed by atoms with E-state index >= 15 is 0 Å². The number of benzene rings is 2. The molecule has 1 aliphatic rings. The molecule has 2 aromatic carbocycles. The number of hydrogen-bond donors (Lipinski definition) is 2. The predicted octanol–water partition coefficient (Wildman–Crippen LogP) is 4.92. The van der Waals surface area contributed by atoms with E-state index in [1.165, 1.54) is 6.26 Å². The van der Waals surface area contributed by atoms with Crippen LogP contribution in [-0.4, -0.2) is 20.7 Å². The zero-order valence-electron chi connectivity index (χ0n) is 15.8. The van der Waals surface area contributed by atoms with Crippen molar-refractivity contribution in [2.45, 2.75) is 18.5 Å². The van der Waals surface area contributed by atoms with Gasteiger partial charge in [0, 0.05) is 5.02 Å². The van der Waals surface area contributed by atoms with E-state index in [9.17, 15) is 4.79 Å². The highest BCUT2D eigenvalue weighted by atomic mass is 35.5. The summed E-state index contributed by atoms with van der Waals surface area (Å²) < 4.78 is 6.96. The highest BCUT2D eigenvalue weighted by molar-refractivity contribution is 6.30. The van der Waals surface area contributed by atoms with Crippen molar-refractivity contribution in [2.75, 3.05) is 10.6 Å². The first-order valence-corrected chi connectivity index (χ1v) is 9.93. The number of rotatable bonds is 4. The second-order valence-electron chi connectivity index (χ2n) is 7.05. The Labute approximate surface area is 177 Å². The van der Waals surface area contributed by atoms with E-state index in [0.717, 1.165) is 17.5 Å². The molecule has 0 saturated carbocycles. The summed E-state index contributed by atoms with van der Waals surface area (Å²) in [7, 11) is 0. The molecule has 0 spiro atoms. The summed E-state index contributed by atoms with van der Waals surface area (Å²) >= 11 is 6.06. The monoisotopic (exact) mass is 419 g/mol. The Morgan fingerprint density at radius 2 is 1.87 bits per heavy atom. The smallest absolute Gasteiger partial charge is 0.293 e. The molecule has 3 heterocycles. The number of fused-ring (bicyclic) bond motifs is 1. The Morgan fingerprint density at radius 3 is 2.60 bits per heavy atom. The number of amides is 1. The van der Waals surface area contributed by atoms with Crippen molar-refractivity contribution in [3.8, 4) is 0 Å². The van der Waals surface area contributed by atoms with Crippen LogP contribution in [0, 0.1) is 0 Å². The highest BCUT2D eigenvalue weighted by Gasteiger charge is 2.31. The summed E-state index contributed by atoms with van der Waals surface area (Å²) in [4.78, 5) is 16.8. The molecule has 2 N–H and O–H groups in total. The van der Waals surface area contributed by atoms with E-state index in [0.29, 0.717) is 11.0 Å². The zero-order chi connectivity index (χ0) is 20.5. The molecule has 5 rings (SSSR count). The largest absolute Gasteiger partial charge is 0.459 e. The molecule has 0 aliphatic carbocycles. The molecular weight excluding hydrogens is 402 g/mol. The topological polar surface area (TPSA) is 85.0 Å². The number of furan rings is 1. The van der Waals surface area contributed by atoms with Crippen molar-refractivity contribution in [3.05, 3.63) is 94.9 Å². The van der Waals surface area contributed by atoms with Gasteiger partial charge in [0.15, 0.2) is 5.76 Å². The van der Waals surface area contributed by atoms with Crippen LogP contribution in [0.3, 0.4) is 0 Å². The molecule has 2 aromatic heterocycles. The molecule has 0 saturated heterocycles. The predicted molar refractivity (Wildman–Crippen MR) is 114 cm³/mol. The van der Waals surface area contributed by atoms with Crippen LogP contribution in [0.25, 0.3) is 0 Å². The highest BCUT2D eigenvalue weighted by Crippen LogP contribution is 2.38. The second kappa shape index (κ2) is 7.68. The van der Waals surface area contributed by atoms with Crippen molar-refractivity contribution in [1.29, 1.82) is 0 Å². The number of nitrogens with one attached hydrogen (secondary N) is 2. The summed E-state index contributed by atoms with van der Waals surface area (Å²) in [5.74, 6) is 0.615. The molecule has 1 aliphatic heterocycles. The number of hydrogen-bond acceptors (Lipinski definition) is 5. The lowest BCUT2D eigenvalue weighted by atomic mass is 9.93. The Kier molecular flexibility index (Phi) is 4.72. The first kappa shape index (κ1) is 18.4. The van der Waals surface area contributed by atoms with Crippen LogP contribution in [0.4, 0.5) is 11.9 Å². The fourth-order valence-electron chi connectivity index (χ4n) is 3.67. The van der Waals surface area contributed by atoms with Crippen molar-refractivity contribution in [1.82, 2.24) is 14.8 Å². The number of carbonyl (C=O) groups is 1. The quantitative estimate of drug-likeness (QED) is 0.490. The van der Waals surface area contributed by atoms with Gasteiger partial charge < -0.3 is 9.73 Å².